The number of anilines is 5. The number of nitrogens with one attached hydrogen (secondary N) is 3. The molecule has 0 bridgehead atoms. The van der Waals surface area contributed by atoms with Gasteiger partial charge < -0.3 is 20.7 Å². The minimum atomic E-state index is -0.426. The van der Waals surface area contributed by atoms with Gasteiger partial charge in [0.15, 0.2) is 0 Å². The first kappa shape index (κ1) is 23.4. The van der Waals surface area contributed by atoms with Crippen LogP contribution < -0.4 is 16.0 Å². The van der Waals surface area contributed by atoms with Crippen LogP contribution >= 0.6 is 0 Å². The number of benzene rings is 2. The van der Waals surface area contributed by atoms with Crippen molar-refractivity contribution in [2.75, 3.05) is 23.1 Å². The second-order valence-corrected chi connectivity index (χ2v) is 8.03. The molecule has 0 unspecified atom stereocenters. The summed E-state index contributed by atoms with van der Waals surface area (Å²) >= 11 is 0. The number of fused-ring (bicyclic) bond motifs is 1. The zero-order valence-corrected chi connectivity index (χ0v) is 19.8. The summed E-state index contributed by atoms with van der Waals surface area (Å²) in [5, 5.41) is 10.1. The number of nitrogens with zero attached hydrogens (tertiary/aromatic N) is 3. The van der Waals surface area contributed by atoms with Crippen LogP contribution in [0.5, 0.6) is 0 Å². The van der Waals surface area contributed by atoms with E-state index in [2.05, 4.69) is 30.9 Å². The number of hydrogen-bond donors (Lipinski definition) is 3. The van der Waals surface area contributed by atoms with Crippen LogP contribution in [0.15, 0.2) is 97.6 Å². The maximum Gasteiger partial charge on any atom is 0.337 e. The summed E-state index contributed by atoms with van der Waals surface area (Å²) in [4.78, 5) is 37.4. The largest absolute Gasteiger partial charge is 0.465 e. The average Bonchev–Trinajstić information content (AvgIpc) is 2.94. The fourth-order valence-corrected chi connectivity index (χ4v) is 3.68. The molecule has 5 aromatic rings. The minimum absolute atomic E-state index is 0.272. The van der Waals surface area contributed by atoms with Crippen molar-refractivity contribution >= 4 is 51.3 Å². The lowest BCUT2D eigenvalue weighted by Crippen LogP contribution is -2.12. The van der Waals surface area contributed by atoms with Gasteiger partial charge in [-0.15, -0.1) is 0 Å². The van der Waals surface area contributed by atoms with Gasteiger partial charge in [0, 0.05) is 47.2 Å². The SMILES string of the molecule is COC(=O)c1ccc2nccc(Nc3ccc(C(=O)Nc4ccc(Nc5ccncc5)cc4)cn3)c2c1. The van der Waals surface area contributed by atoms with E-state index in [1.54, 1.807) is 55.0 Å². The predicted octanol–water partition coefficient (Wildman–Crippen LogP) is 5.55. The van der Waals surface area contributed by atoms with Gasteiger partial charge in [-0.2, -0.15) is 0 Å². The first-order valence-corrected chi connectivity index (χ1v) is 11.4. The van der Waals surface area contributed by atoms with Gasteiger partial charge in [-0.25, -0.2) is 9.78 Å². The van der Waals surface area contributed by atoms with Crippen molar-refractivity contribution in [1.82, 2.24) is 15.0 Å². The van der Waals surface area contributed by atoms with E-state index < -0.39 is 5.97 Å². The number of carbonyl (C=O) groups is 2. The Balaban J connectivity index is 1.25. The first-order valence-electron chi connectivity index (χ1n) is 11.4. The van der Waals surface area contributed by atoms with E-state index in [4.69, 9.17) is 4.74 Å². The zero-order valence-electron chi connectivity index (χ0n) is 19.8. The van der Waals surface area contributed by atoms with Crippen molar-refractivity contribution < 1.29 is 14.3 Å². The number of carbonyl (C=O) groups excluding carboxylic acids is 2. The number of amides is 1. The van der Waals surface area contributed by atoms with Gasteiger partial charge >= 0.3 is 5.97 Å². The molecule has 0 radical (unpaired) electrons. The predicted molar refractivity (Wildman–Crippen MR) is 143 cm³/mol. The summed E-state index contributed by atoms with van der Waals surface area (Å²) in [6.45, 7) is 0. The number of hydrogen-bond acceptors (Lipinski definition) is 8. The molecule has 182 valence electrons. The van der Waals surface area contributed by atoms with Gasteiger partial charge in [-0.1, -0.05) is 0 Å². The van der Waals surface area contributed by atoms with E-state index in [9.17, 15) is 9.59 Å². The second kappa shape index (κ2) is 10.5. The maximum absolute atomic E-state index is 12.7. The third-order valence-corrected chi connectivity index (χ3v) is 5.56. The number of methoxy groups -OCH3 is 1. The van der Waals surface area contributed by atoms with Crippen molar-refractivity contribution in [3.8, 4) is 0 Å². The molecular weight excluding hydrogens is 468 g/mol. The smallest absolute Gasteiger partial charge is 0.337 e. The van der Waals surface area contributed by atoms with Crippen molar-refractivity contribution in [1.29, 1.82) is 0 Å². The minimum Gasteiger partial charge on any atom is -0.465 e. The number of pyridine rings is 3. The normalized spacial score (nSPS) is 10.5. The van der Waals surface area contributed by atoms with Crippen molar-refractivity contribution in [2.45, 2.75) is 0 Å². The van der Waals surface area contributed by atoms with Gasteiger partial charge in [0.05, 0.1) is 29.4 Å². The molecular formula is C28H22N6O3. The maximum atomic E-state index is 12.7. The Morgan fingerprint density at radius 1 is 0.730 bits per heavy atom. The number of aromatic nitrogens is 3. The third-order valence-electron chi connectivity index (χ3n) is 5.56. The Bertz CT molecular complexity index is 1560. The highest BCUT2D eigenvalue weighted by Gasteiger charge is 2.11. The number of ether oxygens (including phenoxy) is 1. The van der Waals surface area contributed by atoms with E-state index >= 15 is 0 Å². The number of rotatable bonds is 7. The average molecular weight is 491 g/mol. The molecule has 1 amide bonds. The fourth-order valence-electron chi connectivity index (χ4n) is 3.68. The molecule has 5 rings (SSSR count). The lowest BCUT2D eigenvalue weighted by atomic mass is 10.1. The Kier molecular flexibility index (Phi) is 6.67. The zero-order chi connectivity index (χ0) is 25.6. The molecule has 3 heterocycles. The molecule has 0 saturated carbocycles. The summed E-state index contributed by atoms with van der Waals surface area (Å²) in [5.41, 5.74) is 4.76. The van der Waals surface area contributed by atoms with Gasteiger partial charge in [0.1, 0.15) is 5.82 Å². The number of esters is 1. The van der Waals surface area contributed by atoms with Crippen LogP contribution in [0.2, 0.25) is 0 Å². The van der Waals surface area contributed by atoms with E-state index in [1.165, 1.54) is 13.3 Å². The molecule has 0 atom stereocenters. The Hall–Kier alpha value is -5.31. The molecule has 2 aromatic carbocycles. The van der Waals surface area contributed by atoms with E-state index in [0.717, 1.165) is 28.0 Å². The summed E-state index contributed by atoms with van der Waals surface area (Å²) in [5.74, 6) is -0.158. The fraction of sp³-hybridized carbons (Fsp3) is 0.0357. The standard InChI is InChI=1S/C28H22N6O3/c1-37-28(36)18-2-8-24-23(16-18)25(12-15-30-24)34-26-9-3-19(17-31-26)27(35)33-21-6-4-20(5-7-21)32-22-10-13-29-14-11-22/h2-17H,1H3,(H,29,32)(H,33,35)(H,30,31,34). The molecule has 0 fully saturated rings. The van der Waals surface area contributed by atoms with Gasteiger partial charge in [-0.3, -0.25) is 14.8 Å². The van der Waals surface area contributed by atoms with E-state index in [0.29, 0.717) is 22.6 Å². The highest BCUT2D eigenvalue weighted by Crippen LogP contribution is 2.26. The van der Waals surface area contributed by atoms with Crippen LogP contribution in [0, 0.1) is 0 Å². The van der Waals surface area contributed by atoms with Crippen molar-refractivity contribution in [2.24, 2.45) is 0 Å². The summed E-state index contributed by atoms with van der Waals surface area (Å²) in [7, 11) is 1.34. The molecule has 3 aromatic heterocycles. The molecule has 0 saturated heterocycles. The molecule has 0 spiro atoms. The van der Waals surface area contributed by atoms with E-state index in [-0.39, 0.29) is 5.91 Å². The summed E-state index contributed by atoms with van der Waals surface area (Å²) in [6.07, 6.45) is 6.60. The van der Waals surface area contributed by atoms with Crippen LogP contribution in [0.1, 0.15) is 20.7 Å². The molecule has 0 aliphatic heterocycles. The molecule has 0 aliphatic rings. The van der Waals surface area contributed by atoms with Gasteiger partial charge in [0.25, 0.3) is 5.91 Å². The Labute approximate surface area is 212 Å². The first-order chi connectivity index (χ1) is 18.1. The van der Waals surface area contributed by atoms with Crippen LogP contribution in [0.4, 0.5) is 28.6 Å². The van der Waals surface area contributed by atoms with Crippen LogP contribution in [0.3, 0.4) is 0 Å². The monoisotopic (exact) mass is 490 g/mol. The third kappa shape index (κ3) is 5.51. The van der Waals surface area contributed by atoms with Crippen molar-refractivity contribution in [3.63, 3.8) is 0 Å². The van der Waals surface area contributed by atoms with Crippen LogP contribution in [-0.2, 0) is 4.74 Å². The lowest BCUT2D eigenvalue weighted by molar-refractivity contribution is 0.0600. The molecule has 0 aliphatic carbocycles. The molecule has 37 heavy (non-hydrogen) atoms. The highest BCUT2D eigenvalue weighted by atomic mass is 16.5. The quantitative estimate of drug-likeness (QED) is 0.254. The van der Waals surface area contributed by atoms with Gasteiger partial charge in [0.2, 0.25) is 0 Å². The van der Waals surface area contributed by atoms with Gasteiger partial charge in [-0.05, 0) is 72.8 Å². The second-order valence-electron chi connectivity index (χ2n) is 8.03. The Morgan fingerprint density at radius 3 is 2.19 bits per heavy atom. The molecule has 9 heteroatoms. The van der Waals surface area contributed by atoms with Crippen LogP contribution in [0.25, 0.3) is 10.9 Å². The van der Waals surface area contributed by atoms with Crippen LogP contribution in [-0.4, -0.2) is 33.9 Å². The highest BCUT2D eigenvalue weighted by molar-refractivity contribution is 6.04. The van der Waals surface area contributed by atoms with E-state index in [1.807, 2.05) is 36.4 Å². The lowest BCUT2D eigenvalue weighted by Gasteiger charge is -2.11. The molecule has 3 N–H and O–H groups in total. The summed E-state index contributed by atoms with van der Waals surface area (Å²) < 4.78 is 4.82. The topological polar surface area (TPSA) is 118 Å². The molecule has 9 nitrogen and oxygen atoms in total. The Morgan fingerprint density at radius 2 is 1.46 bits per heavy atom. The van der Waals surface area contributed by atoms with Crippen molar-refractivity contribution in [3.05, 3.63) is 109 Å². The summed E-state index contributed by atoms with van der Waals surface area (Å²) in [6, 6.07) is 21.5.